The van der Waals surface area contributed by atoms with Gasteiger partial charge in [-0.1, -0.05) is 24.3 Å². The number of ether oxygens (including phenoxy) is 2. The van der Waals surface area contributed by atoms with E-state index in [9.17, 15) is 4.79 Å². The largest absolute Gasteiger partial charge is 0.493 e. The lowest BCUT2D eigenvalue weighted by Crippen LogP contribution is -2.03. The maximum Gasteiger partial charge on any atom is 0.256 e. The molecule has 0 unspecified atom stereocenters. The van der Waals surface area contributed by atoms with Crippen molar-refractivity contribution in [1.29, 1.82) is 0 Å². The molecule has 0 bridgehead atoms. The molecule has 2 aromatic rings. The number of nitrogens with one attached hydrogen (secondary N) is 1. The molecular weight excluding hydrogens is 266 g/mol. The predicted molar refractivity (Wildman–Crippen MR) is 81.3 cm³/mol. The predicted octanol–water partition coefficient (Wildman–Crippen LogP) is 3.00. The Morgan fingerprint density at radius 1 is 1.10 bits per heavy atom. The number of methoxy groups -OCH3 is 2. The van der Waals surface area contributed by atoms with E-state index in [1.54, 1.807) is 20.3 Å². The van der Waals surface area contributed by atoms with Crippen LogP contribution < -0.4 is 14.8 Å². The molecule has 0 fully saturated rings. The molecule has 3 rings (SSSR count). The fourth-order valence-electron chi connectivity index (χ4n) is 2.32. The number of rotatable bonds is 3. The first-order valence-electron chi connectivity index (χ1n) is 6.48. The summed E-state index contributed by atoms with van der Waals surface area (Å²) in [6, 6.07) is 14.0. The summed E-state index contributed by atoms with van der Waals surface area (Å²) < 4.78 is 10.5. The van der Waals surface area contributed by atoms with Crippen molar-refractivity contribution in [2.75, 3.05) is 19.5 Å². The van der Waals surface area contributed by atoms with Crippen LogP contribution in [-0.2, 0) is 4.79 Å². The molecular formula is C17H14NO3. The Labute approximate surface area is 123 Å². The molecule has 1 aliphatic rings. The summed E-state index contributed by atoms with van der Waals surface area (Å²) in [4.78, 5) is 12.2. The van der Waals surface area contributed by atoms with Crippen molar-refractivity contribution in [3.63, 3.8) is 0 Å². The molecule has 1 N–H and O–H groups in total. The second kappa shape index (κ2) is 5.32. The van der Waals surface area contributed by atoms with Crippen LogP contribution in [0.4, 0.5) is 5.69 Å². The summed E-state index contributed by atoms with van der Waals surface area (Å²) in [5.41, 5.74) is 3.09. The van der Waals surface area contributed by atoms with Crippen molar-refractivity contribution in [3.8, 4) is 11.5 Å². The van der Waals surface area contributed by atoms with E-state index < -0.39 is 0 Å². The first kappa shape index (κ1) is 13.2. The maximum atomic E-state index is 12.2. The van der Waals surface area contributed by atoms with Gasteiger partial charge in [0.2, 0.25) is 0 Å². The summed E-state index contributed by atoms with van der Waals surface area (Å²) >= 11 is 0. The van der Waals surface area contributed by atoms with E-state index in [0.29, 0.717) is 17.1 Å². The molecule has 0 saturated heterocycles. The Bertz CT molecular complexity index is 720. The summed E-state index contributed by atoms with van der Waals surface area (Å²) in [5.74, 6) is 1.06. The molecule has 4 heteroatoms. The molecule has 1 heterocycles. The van der Waals surface area contributed by atoms with Gasteiger partial charge < -0.3 is 14.8 Å². The van der Waals surface area contributed by atoms with Crippen molar-refractivity contribution in [1.82, 2.24) is 0 Å². The van der Waals surface area contributed by atoms with Gasteiger partial charge in [-0.25, -0.2) is 0 Å². The van der Waals surface area contributed by atoms with Crippen LogP contribution in [-0.4, -0.2) is 20.1 Å². The number of benzene rings is 2. The lowest BCUT2D eigenvalue weighted by atomic mass is 10.0. The molecule has 0 atom stereocenters. The Morgan fingerprint density at radius 3 is 2.43 bits per heavy atom. The van der Waals surface area contributed by atoms with Gasteiger partial charge in [-0.15, -0.1) is 0 Å². The number of amides is 1. The van der Waals surface area contributed by atoms with E-state index in [1.807, 2.05) is 36.4 Å². The average molecular weight is 280 g/mol. The molecule has 1 aliphatic heterocycles. The third-order valence-corrected chi connectivity index (χ3v) is 3.36. The van der Waals surface area contributed by atoms with Crippen LogP contribution >= 0.6 is 0 Å². The molecule has 0 spiro atoms. The molecule has 1 radical (unpaired) electrons. The van der Waals surface area contributed by atoms with Crippen LogP contribution in [0.15, 0.2) is 36.4 Å². The Kier molecular flexibility index (Phi) is 3.36. The molecule has 0 aliphatic carbocycles. The fraction of sp³-hybridized carbons (Fsp3) is 0.118. The van der Waals surface area contributed by atoms with Crippen molar-refractivity contribution in [2.45, 2.75) is 0 Å². The maximum absolute atomic E-state index is 12.2. The van der Waals surface area contributed by atoms with E-state index >= 15 is 0 Å². The van der Waals surface area contributed by atoms with Gasteiger partial charge in [0.15, 0.2) is 11.5 Å². The van der Waals surface area contributed by atoms with Gasteiger partial charge in [0.1, 0.15) is 0 Å². The van der Waals surface area contributed by atoms with E-state index in [-0.39, 0.29) is 5.91 Å². The SMILES string of the molecule is COc1cc2c(cc1OC)/C(=C\c1cc[c]cc1)C(=O)N2. The highest BCUT2D eigenvalue weighted by atomic mass is 16.5. The molecule has 105 valence electrons. The third kappa shape index (κ3) is 2.36. The van der Waals surface area contributed by atoms with Crippen molar-refractivity contribution in [2.24, 2.45) is 0 Å². The highest BCUT2D eigenvalue weighted by molar-refractivity contribution is 6.35. The number of fused-ring (bicyclic) bond motifs is 1. The molecule has 0 saturated carbocycles. The zero-order valence-corrected chi connectivity index (χ0v) is 11.8. The average Bonchev–Trinajstić information content (AvgIpc) is 2.82. The number of carbonyl (C=O) groups excluding carboxylic acids is 1. The minimum atomic E-state index is -0.131. The van der Waals surface area contributed by atoms with E-state index in [1.165, 1.54) is 0 Å². The fourth-order valence-corrected chi connectivity index (χ4v) is 2.32. The Morgan fingerprint density at radius 2 is 1.76 bits per heavy atom. The summed E-state index contributed by atoms with van der Waals surface area (Å²) in [7, 11) is 3.14. The Hall–Kier alpha value is -2.75. The summed E-state index contributed by atoms with van der Waals surface area (Å²) in [5, 5.41) is 2.84. The normalized spacial score (nSPS) is 14.8. The van der Waals surface area contributed by atoms with E-state index in [2.05, 4.69) is 11.4 Å². The van der Waals surface area contributed by atoms with Gasteiger partial charge in [-0.2, -0.15) is 0 Å². The summed E-state index contributed by atoms with van der Waals surface area (Å²) in [6.07, 6.45) is 1.85. The van der Waals surface area contributed by atoms with Gasteiger partial charge in [-0.3, -0.25) is 4.79 Å². The van der Waals surface area contributed by atoms with Crippen LogP contribution in [0.3, 0.4) is 0 Å². The van der Waals surface area contributed by atoms with Gasteiger partial charge in [0.05, 0.1) is 19.9 Å². The second-order valence-electron chi connectivity index (χ2n) is 4.60. The standard InChI is InChI=1S/C17H14NO3/c1-20-15-9-12-13(8-11-6-4-3-5-7-11)17(19)18-14(12)10-16(15)21-2/h4-10H,1-2H3,(H,18,19)/b13-8+. The first-order chi connectivity index (χ1) is 10.2. The van der Waals surface area contributed by atoms with Crippen molar-refractivity contribution in [3.05, 3.63) is 53.6 Å². The number of carbonyl (C=O) groups is 1. The Balaban J connectivity index is 2.11. The molecule has 0 aromatic heterocycles. The third-order valence-electron chi connectivity index (χ3n) is 3.36. The second-order valence-corrected chi connectivity index (χ2v) is 4.60. The minimum absolute atomic E-state index is 0.131. The quantitative estimate of drug-likeness (QED) is 0.879. The monoisotopic (exact) mass is 280 g/mol. The number of hydrogen-bond acceptors (Lipinski definition) is 3. The summed E-state index contributed by atoms with van der Waals surface area (Å²) in [6.45, 7) is 0. The van der Waals surface area contributed by atoms with Crippen LogP contribution in [0.1, 0.15) is 11.1 Å². The smallest absolute Gasteiger partial charge is 0.256 e. The molecule has 4 nitrogen and oxygen atoms in total. The lowest BCUT2D eigenvalue weighted by Gasteiger charge is -2.09. The van der Waals surface area contributed by atoms with Gasteiger partial charge in [0.25, 0.3) is 5.91 Å². The number of anilines is 1. The van der Waals surface area contributed by atoms with Gasteiger partial charge in [-0.05, 0) is 23.8 Å². The molecule has 1 amide bonds. The van der Waals surface area contributed by atoms with Crippen LogP contribution in [0.2, 0.25) is 0 Å². The number of hydrogen-bond donors (Lipinski definition) is 1. The van der Waals surface area contributed by atoms with Crippen molar-refractivity contribution >= 4 is 23.2 Å². The van der Waals surface area contributed by atoms with E-state index in [0.717, 1.165) is 16.8 Å². The van der Waals surface area contributed by atoms with Crippen LogP contribution in [0.25, 0.3) is 11.6 Å². The van der Waals surface area contributed by atoms with E-state index in [4.69, 9.17) is 9.47 Å². The molecule has 21 heavy (non-hydrogen) atoms. The minimum Gasteiger partial charge on any atom is -0.493 e. The molecule has 2 aromatic carbocycles. The first-order valence-corrected chi connectivity index (χ1v) is 6.48. The van der Waals surface area contributed by atoms with Gasteiger partial charge in [0, 0.05) is 17.2 Å². The zero-order valence-electron chi connectivity index (χ0n) is 11.8. The van der Waals surface area contributed by atoms with Crippen LogP contribution in [0.5, 0.6) is 11.5 Å². The van der Waals surface area contributed by atoms with Gasteiger partial charge >= 0.3 is 0 Å². The highest BCUT2D eigenvalue weighted by Gasteiger charge is 2.26. The highest BCUT2D eigenvalue weighted by Crippen LogP contribution is 2.41. The lowest BCUT2D eigenvalue weighted by molar-refractivity contribution is -0.110. The van der Waals surface area contributed by atoms with Crippen molar-refractivity contribution < 1.29 is 14.3 Å². The van der Waals surface area contributed by atoms with Crippen LogP contribution in [0, 0.1) is 6.07 Å². The zero-order chi connectivity index (χ0) is 14.8. The topological polar surface area (TPSA) is 47.6 Å².